The van der Waals surface area contributed by atoms with Crippen LogP contribution < -0.4 is 4.90 Å². The van der Waals surface area contributed by atoms with E-state index in [0.29, 0.717) is 16.5 Å². The van der Waals surface area contributed by atoms with Gasteiger partial charge in [-0.05, 0) is 29.8 Å². The lowest BCUT2D eigenvalue weighted by molar-refractivity contribution is 0.249. The third kappa shape index (κ3) is 3.95. The van der Waals surface area contributed by atoms with Crippen LogP contribution in [0.15, 0.2) is 54.6 Å². The van der Waals surface area contributed by atoms with Gasteiger partial charge in [0.2, 0.25) is 5.69 Å². The first-order valence-electron chi connectivity index (χ1n) is 8.87. The number of aromatic nitrogens is 3. The number of hydrogen-bond acceptors (Lipinski definition) is 5. The molecular weight excluding hydrogens is 360 g/mol. The molecule has 1 fully saturated rings. The highest BCUT2D eigenvalue weighted by atomic mass is 35.5. The van der Waals surface area contributed by atoms with Gasteiger partial charge in [-0.15, -0.1) is 15.0 Å². The van der Waals surface area contributed by atoms with Crippen LogP contribution in [-0.2, 0) is 6.54 Å². The monoisotopic (exact) mass is 378 g/mol. The number of hydrogen-bond donors (Lipinski definition) is 0. The standard InChI is InChI=1S/C20H19ClN6/c21-17-6-8-18(9-7-17)27-23-19(14-22)20(24-27)26-12-10-25(11-13-26)15-16-4-2-1-3-5-16/h1-9H,10-13,15H2. The van der Waals surface area contributed by atoms with Crippen molar-refractivity contribution >= 4 is 17.4 Å². The molecular formula is C20H19ClN6. The van der Waals surface area contributed by atoms with Crippen molar-refractivity contribution in [1.82, 2.24) is 19.9 Å². The number of piperazine rings is 1. The van der Waals surface area contributed by atoms with Crippen molar-refractivity contribution in [3.8, 4) is 11.8 Å². The fourth-order valence-electron chi connectivity index (χ4n) is 3.23. The van der Waals surface area contributed by atoms with Crippen LogP contribution in [0.2, 0.25) is 5.02 Å². The van der Waals surface area contributed by atoms with E-state index in [0.717, 1.165) is 38.4 Å². The van der Waals surface area contributed by atoms with E-state index in [-0.39, 0.29) is 0 Å². The van der Waals surface area contributed by atoms with Gasteiger partial charge in [-0.2, -0.15) is 5.26 Å². The summed E-state index contributed by atoms with van der Waals surface area (Å²) in [5.74, 6) is 0.645. The van der Waals surface area contributed by atoms with E-state index in [1.54, 1.807) is 12.1 Å². The number of rotatable bonds is 4. The molecule has 136 valence electrons. The summed E-state index contributed by atoms with van der Waals surface area (Å²) in [5.41, 5.74) is 2.45. The maximum atomic E-state index is 9.48. The predicted molar refractivity (Wildman–Crippen MR) is 105 cm³/mol. The van der Waals surface area contributed by atoms with E-state index in [9.17, 15) is 5.26 Å². The van der Waals surface area contributed by atoms with Gasteiger partial charge in [0.15, 0.2) is 5.82 Å². The lowest BCUT2D eigenvalue weighted by Crippen LogP contribution is -2.46. The zero-order valence-electron chi connectivity index (χ0n) is 14.8. The Morgan fingerprint density at radius 3 is 2.30 bits per heavy atom. The minimum Gasteiger partial charge on any atom is -0.350 e. The van der Waals surface area contributed by atoms with Crippen molar-refractivity contribution in [3.63, 3.8) is 0 Å². The predicted octanol–water partition coefficient (Wildman–Crippen LogP) is 3.11. The van der Waals surface area contributed by atoms with Gasteiger partial charge in [0.1, 0.15) is 6.07 Å². The Balaban J connectivity index is 1.46. The lowest BCUT2D eigenvalue weighted by Gasteiger charge is -2.34. The molecule has 0 N–H and O–H groups in total. The van der Waals surface area contributed by atoms with Gasteiger partial charge in [0, 0.05) is 37.7 Å². The van der Waals surface area contributed by atoms with Gasteiger partial charge in [-0.25, -0.2) is 0 Å². The molecule has 27 heavy (non-hydrogen) atoms. The molecule has 1 aliphatic rings. The first-order chi connectivity index (χ1) is 13.2. The Morgan fingerprint density at radius 2 is 1.63 bits per heavy atom. The molecule has 0 spiro atoms. The Morgan fingerprint density at radius 1 is 0.926 bits per heavy atom. The molecule has 0 amide bonds. The molecule has 2 aromatic carbocycles. The SMILES string of the molecule is N#Cc1nn(-c2ccc(Cl)cc2)nc1N1CCN(Cc2ccccc2)CC1. The zero-order valence-corrected chi connectivity index (χ0v) is 15.5. The number of nitrogens with zero attached hydrogens (tertiary/aromatic N) is 6. The molecule has 7 heteroatoms. The zero-order chi connectivity index (χ0) is 18.6. The Hall–Kier alpha value is -2.88. The Labute approximate surface area is 163 Å². The molecule has 0 radical (unpaired) electrons. The van der Waals surface area contributed by atoms with Gasteiger partial charge in [0.05, 0.1) is 5.69 Å². The summed E-state index contributed by atoms with van der Waals surface area (Å²) in [6, 6.07) is 19.9. The van der Waals surface area contributed by atoms with Gasteiger partial charge >= 0.3 is 0 Å². The summed E-state index contributed by atoms with van der Waals surface area (Å²) in [6.45, 7) is 4.43. The molecule has 0 aliphatic carbocycles. The summed E-state index contributed by atoms with van der Waals surface area (Å²) >= 11 is 5.94. The van der Waals surface area contributed by atoms with Crippen molar-refractivity contribution in [1.29, 1.82) is 5.26 Å². The highest BCUT2D eigenvalue weighted by molar-refractivity contribution is 6.30. The van der Waals surface area contributed by atoms with Gasteiger partial charge in [-0.1, -0.05) is 41.9 Å². The highest BCUT2D eigenvalue weighted by Gasteiger charge is 2.23. The molecule has 1 aliphatic heterocycles. The van der Waals surface area contributed by atoms with Crippen LogP contribution in [0.4, 0.5) is 5.82 Å². The summed E-state index contributed by atoms with van der Waals surface area (Å²) < 4.78 is 0. The second kappa shape index (κ2) is 7.78. The largest absolute Gasteiger partial charge is 0.350 e. The van der Waals surface area contributed by atoms with Crippen LogP contribution in [0, 0.1) is 11.3 Å². The quantitative estimate of drug-likeness (QED) is 0.698. The van der Waals surface area contributed by atoms with Crippen LogP contribution in [0.25, 0.3) is 5.69 Å². The van der Waals surface area contributed by atoms with Crippen molar-refractivity contribution in [2.24, 2.45) is 0 Å². The van der Waals surface area contributed by atoms with Crippen molar-refractivity contribution in [3.05, 3.63) is 70.9 Å². The molecule has 0 atom stereocenters. The Kier molecular flexibility index (Phi) is 5.05. The first kappa shape index (κ1) is 17.5. The first-order valence-corrected chi connectivity index (χ1v) is 9.25. The van der Waals surface area contributed by atoms with E-state index in [4.69, 9.17) is 11.6 Å². The van der Waals surface area contributed by atoms with Gasteiger partial charge in [0.25, 0.3) is 0 Å². The van der Waals surface area contributed by atoms with E-state index < -0.39 is 0 Å². The average Bonchev–Trinajstić information content (AvgIpc) is 3.14. The minimum atomic E-state index is 0.349. The van der Waals surface area contributed by atoms with Crippen LogP contribution >= 0.6 is 11.6 Å². The number of halogens is 1. The molecule has 1 aromatic heterocycles. The van der Waals surface area contributed by atoms with Crippen LogP contribution in [0.3, 0.4) is 0 Å². The molecule has 1 saturated heterocycles. The molecule has 2 heterocycles. The van der Waals surface area contributed by atoms with Crippen molar-refractivity contribution in [2.45, 2.75) is 6.54 Å². The second-order valence-electron chi connectivity index (χ2n) is 6.50. The number of benzene rings is 2. The topological polar surface area (TPSA) is 61.0 Å². The number of anilines is 1. The lowest BCUT2D eigenvalue weighted by atomic mass is 10.2. The maximum absolute atomic E-state index is 9.48. The van der Waals surface area contributed by atoms with Crippen LogP contribution in [0.5, 0.6) is 0 Å². The van der Waals surface area contributed by atoms with Gasteiger partial charge in [-0.3, -0.25) is 4.90 Å². The van der Waals surface area contributed by atoms with E-state index in [1.165, 1.54) is 10.4 Å². The summed E-state index contributed by atoms with van der Waals surface area (Å²) in [5, 5.41) is 19.0. The second-order valence-corrected chi connectivity index (χ2v) is 6.94. The summed E-state index contributed by atoms with van der Waals surface area (Å²) in [6.07, 6.45) is 0. The Bertz CT molecular complexity index is 937. The van der Waals surface area contributed by atoms with E-state index in [2.05, 4.69) is 50.3 Å². The molecule has 0 bridgehead atoms. The summed E-state index contributed by atoms with van der Waals surface area (Å²) in [7, 11) is 0. The van der Waals surface area contributed by atoms with Gasteiger partial charge < -0.3 is 4.90 Å². The van der Waals surface area contributed by atoms with Crippen LogP contribution in [-0.4, -0.2) is 46.1 Å². The fraction of sp³-hybridized carbons (Fsp3) is 0.250. The van der Waals surface area contributed by atoms with Crippen LogP contribution in [0.1, 0.15) is 11.3 Å². The van der Waals surface area contributed by atoms with Crippen molar-refractivity contribution < 1.29 is 0 Å². The third-order valence-corrected chi connectivity index (χ3v) is 4.93. The average molecular weight is 379 g/mol. The fourth-order valence-corrected chi connectivity index (χ4v) is 3.36. The third-order valence-electron chi connectivity index (χ3n) is 4.68. The van der Waals surface area contributed by atoms with E-state index >= 15 is 0 Å². The minimum absolute atomic E-state index is 0.349. The molecule has 0 unspecified atom stereocenters. The number of nitriles is 1. The highest BCUT2D eigenvalue weighted by Crippen LogP contribution is 2.20. The molecule has 4 rings (SSSR count). The smallest absolute Gasteiger partial charge is 0.207 e. The molecule has 3 aromatic rings. The molecule has 6 nitrogen and oxygen atoms in total. The summed E-state index contributed by atoms with van der Waals surface area (Å²) in [4.78, 5) is 6.06. The maximum Gasteiger partial charge on any atom is 0.207 e. The van der Waals surface area contributed by atoms with Crippen molar-refractivity contribution in [2.75, 3.05) is 31.1 Å². The normalized spacial score (nSPS) is 14.9. The molecule has 0 saturated carbocycles. The van der Waals surface area contributed by atoms with E-state index in [1.807, 2.05) is 18.2 Å².